The SMILES string of the molecule is NCC(Oc1cccc(I)c1)c1cccc(Br)c1. The maximum Gasteiger partial charge on any atom is 0.136 e. The molecular weight excluding hydrogens is 405 g/mol. The third-order valence-corrected chi connectivity index (χ3v) is 3.67. The highest BCUT2D eigenvalue weighted by Crippen LogP contribution is 2.24. The highest BCUT2D eigenvalue weighted by molar-refractivity contribution is 14.1. The van der Waals surface area contributed by atoms with E-state index in [1.165, 1.54) is 0 Å². The van der Waals surface area contributed by atoms with Crippen LogP contribution in [0, 0.1) is 3.57 Å². The van der Waals surface area contributed by atoms with Gasteiger partial charge in [-0.3, -0.25) is 0 Å². The lowest BCUT2D eigenvalue weighted by molar-refractivity contribution is 0.214. The van der Waals surface area contributed by atoms with E-state index < -0.39 is 0 Å². The number of hydrogen-bond donors (Lipinski definition) is 1. The van der Waals surface area contributed by atoms with Crippen molar-refractivity contribution in [2.24, 2.45) is 5.73 Å². The largest absolute Gasteiger partial charge is 0.484 e. The lowest BCUT2D eigenvalue weighted by atomic mass is 10.1. The van der Waals surface area contributed by atoms with Crippen LogP contribution in [0.2, 0.25) is 0 Å². The fourth-order valence-electron chi connectivity index (χ4n) is 1.66. The Morgan fingerprint density at radius 3 is 2.61 bits per heavy atom. The van der Waals surface area contributed by atoms with Crippen LogP contribution in [0.3, 0.4) is 0 Å². The van der Waals surface area contributed by atoms with Gasteiger partial charge in [0.25, 0.3) is 0 Å². The summed E-state index contributed by atoms with van der Waals surface area (Å²) in [5.74, 6) is 0.845. The summed E-state index contributed by atoms with van der Waals surface area (Å²) < 4.78 is 8.12. The minimum Gasteiger partial charge on any atom is -0.484 e. The summed E-state index contributed by atoms with van der Waals surface area (Å²) in [7, 11) is 0. The summed E-state index contributed by atoms with van der Waals surface area (Å²) in [6, 6.07) is 16.0. The van der Waals surface area contributed by atoms with Crippen LogP contribution in [0.15, 0.2) is 53.0 Å². The molecule has 2 rings (SSSR count). The van der Waals surface area contributed by atoms with Crippen molar-refractivity contribution in [3.8, 4) is 5.75 Å². The molecule has 2 N–H and O–H groups in total. The van der Waals surface area contributed by atoms with Crippen LogP contribution in [-0.4, -0.2) is 6.54 Å². The number of nitrogens with two attached hydrogens (primary N) is 1. The summed E-state index contributed by atoms with van der Waals surface area (Å²) in [6.45, 7) is 0.446. The summed E-state index contributed by atoms with van der Waals surface area (Å²) in [5.41, 5.74) is 6.87. The molecule has 0 saturated heterocycles. The predicted octanol–water partition coefficient (Wildman–Crippen LogP) is 4.13. The predicted molar refractivity (Wildman–Crippen MR) is 85.7 cm³/mol. The van der Waals surface area contributed by atoms with Crippen molar-refractivity contribution in [2.45, 2.75) is 6.10 Å². The molecule has 2 aromatic rings. The number of halogens is 2. The van der Waals surface area contributed by atoms with Gasteiger partial charge in [0.1, 0.15) is 11.9 Å². The van der Waals surface area contributed by atoms with Crippen LogP contribution in [-0.2, 0) is 0 Å². The Kier molecular flexibility index (Phi) is 5.03. The molecule has 0 spiro atoms. The number of benzene rings is 2. The van der Waals surface area contributed by atoms with Crippen molar-refractivity contribution in [1.82, 2.24) is 0 Å². The Hall–Kier alpha value is -0.590. The lowest BCUT2D eigenvalue weighted by Gasteiger charge is -2.18. The third kappa shape index (κ3) is 3.70. The van der Waals surface area contributed by atoms with E-state index in [0.717, 1.165) is 19.4 Å². The van der Waals surface area contributed by atoms with Gasteiger partial charge in [-0.1, -0.05) is 34.1 Å². The van der Waals surface area contributed by atoms with Crippen LogP contribution in [0.25, 0.3) is 0 Å². The quantitative estimate of drug-likeness (QED) is 0.759. The van der Waals surface area contributed by atoms with Crippen LogP contribution >= 0.6 is 38.5 Å². The Balaban J connectivity index is 2.19. The summed E-state index contributed by atoms with van der Waals surface area (Å²) in [6.07, 6.45) is -0.124. The molecule has 0 aliphatic rings. The van der Waals surface area contributed by atoms with E-state index in [1.54, 1.807) is 0 Å². The first-order chi connectivity index (χ1) is 8.69. The second kappa shape index (κ2) is 6.54. The van der Waals surface area contributed by atoms with Crippen LogP contribution < -0.4 is 10.5 Å². The van der Waals surface area contributed by atoms with Gasteiger partial charge in [0.2, 0.25) is 0 Å². The number of hydrogen-bond acceptors (Lipinski definition) is 2. The lowest BCUT2D eigenvalue weighted by Crippen LogP contribution is -2.18. The second-order valence-corrected chi connectivity index (χ2v) is 6.02. The van der Waals surface area contributed by atoms with Gasteiger partial charge in [0, 0.05) is 14.6 Å². The molecule has 0 saturated carbocycles. The summed E-state index contributed by atoms with van der Waals surface area (Å²) in [4.78, 5) is 0. The molecule has 18 heavy (non-hydrogen) atoms. The molecule has 2 nitrogen and oxygen atoms in total. The molecule has 94 valence electrons. The Bertz CT molecular complexity index is 533. The van der Waals surface area contributed by atoms with Gasteiger partial charge in [0.05, 0.1) is 0 Å². The molecule has 0 bridgehead atoms. The topological polar surface area (TPSA) is 35.2 Å². The molecule has 0 radical (unpaired) electrons. The molecular formula is C14H13BrINO. The van der Waals surface area contributed by atoms with Crippen molar-refractivity contribution in [2.75, 3.05) is 6.54 Å². The van der Waals surface area contributed by atoms with E-state index in [0.29, 0.717) is 6.54 Å². The zero-order valence-corrected chi connectivity index (χ0v) is 13.4. The molecule has 2 aromatic carbocycles. The van der Waals surface area contributed by atoms with Gasteiger partial charge >= 0.3 is 0 Å². The van der Waals surface area contributed by atoms with Gasteiger partial charge < -0.3 is 10.5 Å². The number of rotatable bonds is 4. The van der Waals surface area contributed by atoms with E-state index in [2.05, 4.69) is 38.5 Å². The Morgan fingerprint density at radius 1 is 1.17 bits per heavy atom. The molecule has 0 heterocycles. The molecule has 1 atom stereocenters. The van der Waals surface area contributed by atoms with Gasteiger partial charge in [-0.2, -0.15) is 0 Å². The standard InChI is InChI=1S/C14H13BrINO/c15-11-4-1-3-10(7-11)14(9-17)18-13-6-2-5-12(16)8-13/h1-8,14H,9,17H2. The highest BCUT2D eigenvalue weighted by Gasteiger charge is 2.11. The maximum absolute atomic E-state index is 5.93. The van der Waals surface area contributed by atoms with Crippen molar-refractivity contribution >= 4 is 38.5 Å². The zero-order chi connectivity index (χ0) is 13.0. The van der Waals surface area contributed by atoms with Gasteiger partial charge in [-0.05, 0) is 58.5 Å². The molecule has 0 fully saturated rings. The fraction of sp³-hybridized carbons (Fsp3) is 0.143. The smallest absolute Gasteiger partial charge is 0.136 e. The zero-order valence-electron chi connectivity index (χ0n) is 9.64. The second-order valence-electron chi connectivity index (χ2n) is 3.85. The summed E-state index contributed by atoms with van der Waals surface area (Å²) in [5, 5.41) is 0. The Labute approximate surface area is 129 Å². The molecule has 0 aliphatic heterocycles. The van der Waals surface area contributed by atoms with Crippen molar-refractivity contribution in [1.29, 1.82) is 0 Å². The first kappa shape index (κ1) is 13.8. The van der Waals surface area contributed by atoms with E-state index >= 15 is 0 Å². The fourth-order valence-corrected chi connectivity index (χ4v) is 2.60. The summed E-state index contributed by atoms with van der Waals surface area (Å²) >= 11 is 5.72. The highest BCUT2D eigenvalue weighted by atomic mass is 127. The Morgan fingerprint density at radius 2 is 1.94 bits per heavy atom. The minimum absolute atomic E-state index is 0.124. The van der Waals surface area contributed by atoms with E-state index in [9.17, 15) is 0 Å². The third-order valence-electron chi connectivity index (χ3n) is 2.51. The van der Waals surface area contributed by atoms with Gasteiger partial charge in [-0.15, -0.1) is 0 Å². The molecule has 4 heteroatoms. The van der Waals surface area contributed by atoms with Crippen LogP contribution in [0.5, 0.6) is 5.75 Å². The first-order valence-electron chi connectivity index (χ1n) is 5.57. The minimum atomic E-state index is -0.124. The van der Waals surface area contributed by atoms with Crippen molar-refractivity contribution in [3.05, 3.63) is 62.1 Å². The monoisotopic (exact) mass is 417 g/mol. The van der Waals surface area contributed by atoms with E-state index in [1.807, 2.05) is 48.5 Å². The van der Waals surface area contributed by atoms with Crippen molar-refractivity contribution < 1.29 is 4.74 Å². The molecule has 0 aliphatic carbocycles. The maximum atomic E-state index is 5.93. The molecule has 0 amide bonds. The van der Waals surface area contributed by atoms with Gasteiger partial charge in [-0.25, -0.2) is 0 Å². The van der Waals surface area contributed by atoms with Crippen LogP contribution in [0.4, 0.5) is 0 Å². The van der Waals surface area contributed by atoms with Crippen LogP contribution in [0.1, 0.15) is 11.7 Å². The molecule has 0 aromatic heterocycles. The molecule has 1 unspecified atom stereocenters. The number of ether oxygens (including phenoxy) is 1. The van der Waals surface area contributed by atoms with Crippen molar-refractivity contribution in [3.63, 3.8) is 0 Å². The average molecular weight is 418 g/mol. The van der Waals surface area contributed by atoms with E-state index in [-0.39, 0.29) is 6.10 Å². The average Bonchev–Trinajstić information content (AvgIpc) is 2.36. The van der Waals surface area contributed by atoms with E-state index in [4.69, 9.17) is 10.5 Å². The normalized spacial score (nSPS) is 12.2. The van der Waals surface area contributed by atoms with Gasteiger partial charge in [0.15, 0.2) is 0 Å². The first-order valence-corrected chi connectivity index (χ1v) is 7.44.